The SMILES string of the molecule is COc1cc(C=CC(=O)OC(C(=O)c2c[nH]c3ccccc23)c2ccccc2)cc(Cl)c1OC. The Bertz CT molecular complexity index is 1360. The summed E-state index contributed by atoms with van der Waals surface area (Å²) in [6.07, 6.45) is 3.31. The number of methoxy groups -OCH3 is 2. The topological polar surface area (TPSA) is 77.6 Å². The third kappa shape index (κ3) is 4.82. The largest absolute Gasteiger partial charge is 0.493 e. The van der Waals surface area contributed by atoms with Crippen molar-refractivity contribution in [3.8, 4) is 11.5 Å². The number of Topliss-reactive ketones (excluding diaryl/α,β-unsaturated/α-hetero) is 1. The van der Waals surface area contributed by atoms with Gasteiger partial charge in [-0.1, -0.05) is 60.1 Å². The van der Waals surface area contributed by atoms with Crippen molar-refractivity contribution in [3.05, 3.63) is 101 Å². The number of aromatic nitrogens is 1. The van der Waals surface area contributed by atoms with Crippen LogP contribution in [0.25, 0.3) is 17.0 Å². The molecular formula is C27H22ClNO5. The smallest absolute Gasteiger partial charge is 0.331 e. The van der Waals surface area contributed by atoms with Crippen molar-refractivity contribution < 1.29 is 23.8 Å². The maximum Gasteiger partial charge on any atom is 0.331 e. The lowest BCUT2D eigenvalue weighted by atomic mass is 9.99. The van der Waals surface area contributed by atoms with Crippen LogP contribution in [-0.2, 0) is 9.53 Å². The molecule has 1 atom stereocenters. The van der Waals surface area contributed by atoms with E-state index in [2.05, 4.69) is 4.98 Å². The fourth-order valence-corrected chi connectivity index (χ4v) is 3.97. The first-order chi connectivity index (χ1) is 16.5. The van der Waals surface area contributed by atoms with E-state index >= 15 is 0 Å². The molecule has 0 aliphatic rings. The van der Waals surface area contributed by atoms with Gasteiger partial charge in [0, 0.05) is 34.3 Å². The number of halogens is 1. The molecule has 172 valence electrons. The number of hydrogen-bond donors (Lipinski definition) is 1. The molecule has 0 bridgehead atoms. The van der Waals surface area contributed by atoms with E-state index < -0.39 is 12.1 Å². The van der Waals surface area contributed by atoms with E-state index in [1.54, 1.807) is 42.6 Å². The number of nitrogens with one attached hydrogen (secondary N) is 1. The Hall–Kier alpha value is -4.03. The van der Waals surface area contributed by atoms with Crippen molar-refractivity contribution in [2.75, 3.05) is 14.2 Å². The molecule has 0 fully saturated rings. The van der Waals surface area contributed by atoms with Crippen molar-refractivity contribution in [3.63, 3.8) is 0 Å². The van der Waals surface area contributed by atoms with Crippen molar-refractivity contribution in [1.82, 2.24) is 4.98 Å². The highest BCUT2D eigenvalue weighted by Crippen LogP contribution is 2.36. The van der Waals surface area contributed by atoms with Gasteiger partial charge in [-0.05, 0) is 29.8 Å². The van der Waals surface area contributed by atoms with Crippen LogP contribution >= 0.6 is 11.6 Å². The number of aromatic amines is 1. The van der Waals surface area contributed by atoms with Crippen LogP contribution in [0.5, 0.6) is 11.5 Å². The maximum absolute atomic E-state index is 13.5. The maximum atomic E-state index is 13.5. The molecule has 1 aromatic heterocycles. The van der Waals surface area contributed by atoms with Gasteiger partial charge in [0.2, 0.25) is 5.78 Å². The quantitative estimate of drug-likeness (QED) is 0.191. The fourth-order valence-electron chi connectivity index (χ4n) is 3.67. The number of ether oxygens (including phenoxy) is 3. The summed E-state index contributed by atoms with van der Waals surface area (Å²) in [4.78, 5) is 29.3. The number of esters is 1. The van der Waals surface area contributed by atoms with Crippen LogP contribution in [0.1, 0.15) is 27.6 Å². The molecule has 0 radical (unpaired) electrons. The third-order valence-electron chi connectivity index (χ3n) is 5.30. The average Bonchev–Trinajstić information content (AvgIpc) is 3.30. The van der Waals surface area contributed by atoms with Crippen LogP contribution in [0.4, 0.5) is 0 Å². The van der Waals surface area contributed by atoms with E-state index in [9.17, 15) is 9.59 Å². The predicted octanol–water partition coefficient (Wildman–Crippen LogP) is 6.02. The molecule has 34 heavy (non-hydrogen) atoms. The van der Waals surface area contributed by atoms with Gasteiger partial charge in [-0.2, -0.15) is 0 Å². The van der Waals surface area contributed by atoms with E-state index in [0.717, 1.165) is 10.9 Å². The average molecular weight is 476 g/mol. The van der Waals surface area contributed by atoms with Crippen LogP contribution in [0.2, 0.25) is 5.02 Å². The summed E-state index contributed by atoms with van der Waals surface area (Å²) < 4.78 is 16.2. The van der Waals surface area contributed by atoms with Gasteiger partial charge in [-0.3, -0.25) is 4.79 Å². The number of benzene rings is 3. The Morgan fingerprint density at radius 3 is 2.44 bits per heavy atom. The fraction of sp³-hybridized carbons (Fsp3) is 0.111. The van der Waals surface area contributed by atoms with E-state index in [1.165, 1.54) is 26.4 Å². The van der Waals surface area contributed by atoms with Crippen molar-refractivity contribution in [2.45, 2.75) is 6.10 Å². The van der Waals surface area contributed by atoms with Gasteiger partial charge in [0.1, 0.15) is 0 Å². The molecule has 1 N–H and O–H groups in total. The van der Waals surface area contributed by atoms with Crippen molar-refractivity contribution in [2.24, 2.45) is 0 Å². The molecule has 4 aromatic rings. The zero-order chi connectivity index (χ0) is 24.1. The van der Waals surface area contributed by atoms with Crippen molar-refractivity contribution >= 4 is 40.3 Å². The monoisotopic (exact) mass is 475 g/mol. The first-order valence-electron chi connectivity index (χ1n) is 10.5. The molecule has 0 saturated carbocycles. The van der Waals surface area contributed by atoms with Gasteiger partial charge in [-0.15, -0.1) is 0 Å². The van der Waals surface area contributed by atoms with Crippen LogP contribution in [0.15, 0.2) is 79.0 Å². The molecule has 6 nitrogen and oxygen atoms in total. The minimum Gasteiger partial charge on any atom is -0.493 e. The number of fused-ring (bicyclic) bond motifs is 1. The molecule has 4 rings (SSSR count). The second kappa shape index (κ2) is 10.3. The first-order valence-corrected chi connectivity index (χ1v) is 10.8. The standard InChI is InChI=1S/C27H22ClNO5/c1-32-23-15-17(14-21(28)27(23)33-2)12-13-24(30)34-26(18-8-4-3-5-9-18)25(31)20-16-29-22-11-7-6-10-19(20)22/h3-16,26,29H,1-2H3. The molecule has 0 amide bonds. The summed E-state index contributed by atoms with van der Waals surface area (Å²) in [6, 6.07) is 19.7. The zero-order valence-corrected chi connectivity index (χ0v) is 19.3. The molecule has 7 heteroatoms. The second-order valence-electron chi connectivity index (χ2n) is 7.41. The van der Waals surface area contributed by atoms with Gasteiger partial charge in [0.15, 0.2) is 17.6 Å². The minimum absolute atomic E-state index is 0.320. The highest BCUT2D eigenvalue weighted by molar-refractivity contribution is 6.32. The van der Waals surface area contributed by atoms with Gasteiger partial charge in [0.05, 0.1) is 19.2 Å². The molecule has 0 spiro atoms. The molecule has 0 aliphatic carbocycles. The normalized spacial score (nSPS) is 12.0. The lowest BCUT2D eigenvalue weighted by Crippen LogP contribution is -2.19. The van der Waals surface area contributed by atoms with E-state index in [4.69, 9.17) is 25.8 Å². The number of carbonyl (C=O) groups is 2. The van der Waals surface area contributed by atoms with Crippen LogP contribution in [-0.4, -0.2) is 31.0 Å². The zero-order valence-electron chi connectivity index (χ0n) is 18.6. The van der Waals surface area contributed by atoms with Gasteiger partial charge in [-0.25, -0.2) is 4.79 Å². The highest BCUT2D eigenvalue weighted by atomic mass is 35.5. The first kappa shape index (κ1) is 23.1. The van der Waals surface area contributed by atoms with Crippen molar-refractivity contribution in [1.29, 1.82) is 0 Å². The molecule has 1 unspecified atom stereocenters. The highest BCUT2D eigenvalue weighted by Gasteiger charge is 2.27. The molecule has 0 saturated heterocycles. The number of hydrogen-bond acceptors (Lipinski definition) is 5. The molecule has 1 heterocycles. The van der Waals surface area contributed by atoms with Crippen LogP contribution in [0.3, 0.4) is 0 Å². The lowest BCUT2D eigenvalue weighted by molar-refractivity contribution is -0.141. The lowest BCUT2D eigenvalue weighted by Gasteiger charge is -2.16. The molecular weight excluding hydrogens is 454 g/mol. The minimum atomic E-state index is -1.11. The number of rotatable bonds is 8. The third-order valence-corrected chi connectivity index (χ3v) is 5.58. The summed E-state index contributed by atoms with van der Waals surface area (Å²) in [5, 5.41) is 1.10. The Labute approximate surface area is 201 Å². The summed E-state index contributed by atoms with van der Waals surface area (Å²) in [5.41, 5.74) is 2.47. The Morgan fingerprint density at radius 2 is 1.71 bits per heavy atom. The predicted molar refractivity (Wildman–Crippen MR) is 131 cm³/mol. The molecule has 3 aromatic carbocycles. The summed E-state index contributed by atoms with van der Waals surface area (Å²) in [7, 11) is 2.99. The van der Waals surface area contributed by atoms with Crippen LogP contribution < -0.4 is 9.47 Å². The van der Waals surface area contributed by atoms with Gasteiger partial charge >= 0.3 is 5.97 Å². The summed E-state index contributed by atoms with van der Waals surface area (Å²) in [6.45, 7) is 0. The van der Waals surface area contributed by atoms with Gasteiger partial charge in [0.25, 0.3) is 0 Å². The Kier molecular flexibility index (Phi) is 6.99. The summed E-state index contributed by atoms with van der Waals surface area (Å²) in [5.74, 6) is -0.162. The Balaban J connectivity index is 1.61. The molecule has 0 aliphatic heterocycles. The number of para-hydroxylation sites is 1. The van der Waals surface area contributed by atoms with E-state index in [-0.39, 0.29) is 5.78 Å². The Morgan fingerprint density at radius 1 is 0.971 bits per heavy atom. The van der Waals surface area contributed by atoms with Gasteiger partial charge < -0.3 is 19.2 Å². The second-order valence-corrected chi connectivity index (χ2v) is 7.82. The summed E-state index contributed by atoms with van der Waals surface area (Å²) >= 11 is 6.24. The number of ketones is 1. The number of H-pyrrole nitrogens is 1. The van der Waals surface area contributed by atoms with E-state index in [1.807, 2.05) is 30.3 Å². The van der Waals surface area contributed by atoms with Crippen LogP contribution in [0, 0.1) is 0 Å². The van der Waals surface area contributed by atoms with E-state index in [0.29, 0.717) is 33.2 Å². The number of carbonyl (C=O) groups excluding carboxylic acids is 2.